The maximum atomic E-state index is 12.6. The molecule has 146 valence electrons. The third-order valence-corrected chi connectivity index (χ3v) is 6.16. The zero-order valence-corrected chi connectivity index (χ0v) is 16.8. The molecule has 28 heavy (non-hydrogen) atoms. The first kappa shape index (κ1) is 18.6. The van der Waals surface area contributed by atoms with Crippen LogP contribution in [0, 0.1) is 5.92 Å². The van der Waals surface area contributed by atoms with E-state index < -0.39 is 0 Å². The van der Waals surface area contributed by atoms with Gasteiger partial charge in [-0.3, -0.25) is 4.79 Å². The second kappa shape index (κ2) is 8.06. The topological polar surface area (TPSA) is 63.7 Å². The van der Waals surface area contributed by atoms with Gasteiger partial charge in [-0.1, -0.05) is 11.3 Å². The number of anilines is 2. The van der Waals surface area contributed by atoms with Gasteiger partial charge in [-0.25, -0.2) is 4.98 Å². The number of ether oxygens (including phenoxy) is 2. The predicted molar refractivity (Wildman–Crippen MR) is 113 cm³/mol. The summed E-state index contributed by atoms with van der Waals surface area (Å²) in [6, 6.07) is 13.4. The van der Waals surface area contributed by atoms with Crippen molar-refractivity contribution in [3.63, 3.8) is 0 Å². The van der Waals surface area contributed by atoms with Crippen molar-refractivity contribution in [3.8, 4) is 11.5 Å². The molecule has 0 saturated carbocycles. The van der Waals surface area contributed by atoms with Gasteiger partial charge in [0.2, 0.25) is 5.91 Å². The van der Waals surface area contributed by atoms with Gasteiger partial charge in [0.15, 0.2) is 5.13 Å². The van der Waals surface area contributed by atoms with Crippen LogP contribution in [0.2, 0.25) is 0 Å². The Balaban J connectivity index is 1.36. The first-order chi connectivity index (χ1) is 13.7. The molecule has 4 rings (SSSR count). The Kier molecular flexibility index (Phi) is 5.34. The highest BCUT2D eigenvalue weighted by atomic mass is 32.1. The molecule has 2 heterocycles. The number of benzene rings is 2. The van der Waals surface area contributed by atoms with Crippen molar-refractivity contribution in [1.82, 2.24) is 4.98 Å². The highest BCUT2D eigenvalue weighted by Gasteiger charge is 2.26. The van der Waals surface area contributed by atoms with Crippen molar-refractivity contribution in [2.24, 2.45) is 5.92 Å². The molecule has 0 unspecified atom stereocenters. The lowest BCUT2D eigenvalue weighted by Crippen LogP contribution is -2.38. The van der Waals surface area contributed by atoms with Crippen LogP contribution in [-0.4, -0.2) is 38.2 Å². The number of carbonyl (C=O) groups is 1. The molecule has 0 bridgehead atoms. The molecule has 2 aromatic carbocycles. The molecule has 0 atom stereocenters. The summed E-state index contributed by atoms with van der Waals surface area (Å²) in [5.41, 5.74) is 1.79. The number of nitrogens with one attached hydrogen (secondary N) is 1. The maximum Gasteiger partial charge on any atom is 0.227 e. The normalized spacial score (nSPS) is 14.9. The summed E-state index contributed by atoms with van der Waals surface area (Å²) in [6.07, 6.45) is 1.64. The summed E-state index contributed by atoms with van der Waals surface area (Å²) in [6.45, 7) is 1.66. The zero-order chi connectivity index (χ0) is 19.5. The predicted octanol–water partition coefficient (Wildman–Crippen LogP) is 4.17. The fraction of sp³-hybridized carbons (Fsp3) is 0.333. The van der Waals surface area contributed by atoms with E-state index in [2.05, 4.69) is 10.2 Å². The number of fused-ring (bicyclic) bond motifs is 1. The van der Waals surface area contributed by atoms with Crippen LogP contribution in [0.4, 0.5) is 10.8 Å². The molecule has 0 radical (unpaired) electrons. The van der Waals surface area contributed by atoms with Gasteiger partial charge in [-0.05, 0) is 55.3 Å². The van der Waals surface area contributed by atoms with Gasteiger partial charge in [-0.2, -0.15) is 0 Å². The third kappa shape index (κ3) is 3.89. The number of amides is 1. The molecule has 1 N–H and O–H groups in total. The largest absolute Gasteiger partial charge is 0.497 e. The van der Waals surface area contributed by atoms with Gasteiger partial charge in [0, 0.05) is 24.7 Å². The minimum atomic E-state index is 0.0211. The van der Waals surface area contributed by atoms with Gasteiger partial charge in [0.05, 0.1) is 24.4 Å². The summed E-state index contributed by atoms with van der Waals surface area (Å²) < 4.78 is 11.6. The van der Waals surface area contributed by atoms with Crippen LogP contribution in [0.25, 0.3) is 10.2 Å². The molecule has 0 spiro atoms. The van der Waals surface area contributed by atoms with Gasteiger partial charge in [0.25, 0.3) is 0 Å². The van der Waals surface area contributed by atoms with Crippen molar-refractivity contribution in [2.75, 3.05) is 37.5 Å². The molecule has 0 aliphatic carbocycles. The second-order valence-electron chi connectivity index (χ2n) is 6.81. The van der Waals surface area contributed by atoms with E-state index in [-0.39, 0.29) is 11.8 Å². The molecule has 6 nitrogen and oxygen atoms in total. The Morgan fingerprint density at radius 3 is 2.43 bits per heavy atom. The lowest BCUT2D eigenvalue weighted by Gasteiger charge is -2.31. The van der Waals surface area contributed by atoms with E-state index in [1.807, 2.05) is 42.5 Å². The average molecular weight is 398 g/mol. The lowest BCUT2D eigenvalue weighted by molar-refractivity contribution is -0.120. The highest BCUT2D eigenvalue weighted by Crippen LogP contribution is 2.33. The number of piperidine rings is 1. The number of rotatable bonds is 5. The summed E-state index contributed by atoms with van der Waals surface area (Å²) >= 11 is 1.67. The molecular formula is C21H23N3O3S. The fourth-order valence-corrected chi connectivity index (χ4v) is 4.45. The minimum absolute atomic E-state index is 0.0211. The Morgan fingerprint density at radius 2 is 1.75 bits per heavy atom. The van der Waals surface area contributed by atoms with Crippen LogP contribution in [0.5, 0.6) is 11.5 Å². The summed E-state index contributed by atoms with van der Waals surface area (Å²) in [5, 5.41) is 4.02. The number of hydrogen-bond donors (Lipinski definition) is 1. The van der Waals surface area contributed by atoms with E-state index in [1.165, 1.54) is 0 Å². The number of nitrogens with zero attached hydrogens (tertiary/aromatic N) is 2. The van der Waals surface area contributed by atoms with Crippen molar-refractivity contribution >= 4 is 38.3 Å². The van der Waals surface area contributed by atoms with Crippen LogP contribution in [-0.2, 0) is 4.79 Å². The van der Waals surface area contributed by atoms with E-state index in [9.17, 15) is 4.79 Å². The molecule has 1 aromatic heterocycles. The quantitative estimate of drug-likeness (QED) is 0.700. The van der Waals surface area contributed by atoms with Gasteiger partial charge in [0.1, 0.15) is 11.5 Å². The minimum Gasteiger partial charge on any atom is -0.497 e. The molecule has 1 aliphatic heterocycles. The standard InChI is InChI=1S/C21H23N3O3S/c1-26-16-5-3-15(4-6-16)22-20(25)14-9-11-24(12-10-14)21-23-18-8-7-17(27-2)13-19(18)28-21/h3-8,13-14H,9-12H2,1-2H3,(H,22,25). The van der Waals surface area contributed by atoms with Crippen LogP contribution in [0.3, 0.4) is 0 Å². The summed E-state index contributed by atoms with van der Waals surface area (Å²) in [4.78, 5) is 19.6. The third-order valence-electron chi connectivity index (χ3n) is 5.08. The Bertz CT molecular complexity index is 963. The molecule has 3 aromatic rings. The summed E-state index contributed by atoms with van der Waals surface area (Å²) in [7, 11) is 3.30. The number of methoxy groups -OCH3 is 2. The Hall–Kier alpha value is -2.80. The van der Waals surface area contributed by atoms with Crippen LogP contribution < -0.4 is 19.7 Å². The lowest BCUT2D eigenvalue weighted by atomic mass is 9.96. The second-order valence-corrected chi connectivity index (χ2v) is 7.82. The van der Waals surface area contributed by atoms with E-state index in [1.54, 1.807) is 25.6 Å². The molecule has 1 fully saturated rings. The zero-order valence-electron chi connectivity index (χ0n) is 16.0. The number of thiazole rings is 1. The van der Waals surface area contributed by atoms with E-state index in [4.69, 9.17) is 14.5 Å². The smallest absolute Gasteiger partial charge is 0.227 e. The SMILES string of the molecule is COc1ccc(NC(=O)C2CCN(c3nc4ccc(OC)cc4s3)CC2)cc1. The molecule has 1 aliphatic rings. The first-order valence-corrected chi connectivity index (χ1v) is 10.1. The van der Waals surface area contributed by atoms with E-state index in [0.29, 0.717) is 0 Å². The van der Waals surface area contributed by atoms with Gasteiger partial charge < -0.3 is 19.7 Å². The number of aromatic nitrogens is 1. The van der Waals surface area contributed by atoms with Gasteiger partial charge >= 0.3 is 0 Å². The van der Waals surface area contributed by atoms with Crippen LogP contribution in [0.15, 0.2) is 42.5 Å². The Labute approximate surface area is 168 Å². The van der Waals surface area contributed by atoms with E-state index in [0.717, 1.165) is 58.5 Å². The molecular weight excluding hydrogens is 374 g/mol. The average Bonchev–Trinajstić information content (AvgIpc) is 3.17. The maximum absolute atomic E-state index is 12.6. The molecule has 7 heteroatoms. The summed E-state index contributed by atoms with van der Waals surface area (Å²) in [5.74, 6) is 1.73. The van der Waals surface area contributed by atoms with Crippen LogP contribution in [0.1, 0.15) is 12.8 Å². The number of hydrogen-bond acceptors (Lipinski definition) is 6. The van der Waals surface area contributed by atoms with Crippen molar-refractivity contribution < 1.29 is 14.3 Å². The van der Waals surface area contributed by atoms with Gasteiger partial charge in [-0.15, -0.1) is 0 Å². The fourth-order valence-electron chi connectivity index (χ4n) is 3.41. The van der Waals surface area contributed by atoms with E-state index >= 15 is 0 Å². The molecule has 1 amide bonds. The Morgan fingerprint density at radius 1 is 1.07 bits per heavy atom. The van der Waals surface area contributed by atoms with Crippen LogP contribution >= 0.6 is 11.3 Å². The molecule has 1 saturated heterocycles. The van der Waals surface area contributed by atoms with Crippen molar-refractivity contribution in [3.05, 3.63) is 42.5 Å². The number of carbonyl (C=O) groups excluding carboxylic acids is 1. The van der Waals surface area contributed by atoms with Crippen molar-refractivity contribution in [2.45, 2.75) is 12.8 Å². The highest BCUT2D eigenvalue weighted by molar-refractivity contribution is 7.22. The first-order valence-electron chi connectivity index (χ1n) is 9.30. The van der Waals surface area contributed by atoms with Crippen molar-refractivity contribution in [1.29, 1.82) is 0 Å². The monoisotopic (exact) mass is 397 g/mol.